The monoisotopic (exact) mass is 688 g/mol. The average Bonchev–Trinajstić information content (AvgIpc) is 3.08. The van der Waals surface area contributed by atoms with Crippen LogP contribution in [0.5, 0.6) is 5.75 Å². The number of hydrogen-bond donors (Lipinski definition) is 1. The topological polar surface area (TPSA) is 72.8 Å². The van der Waals surface area contributed by atoms with Gasteiger partial charge in [0, 0.05) is 0 Å². The molecule has 0 aliphatic heterocycles. The van der Waals surface area contributed by atoms with Gasteiger partial charge in [-0.15, -0.1) is 0 Å². The Balaban J connectivity index is 1.27. The Morgan fingerprint density at radius 1 is 0.909 bits per heavy atom. The van der Waals surface area contributed by atoms with E-state index in [-0.39, 0.29) is 23.5 Å². The molecular weight excluding hydrogens is 642 g/mol. The Kier molecular flexibility index (Phi) is 11.2. The zero-order valence-electron chi connectivity index (χ0n) is 26.1. The van der Waals surface area contributed by atoms with Gasteiger partial charge in [0.05, 0.1) is 0 Å². The Labute approximate surface area is 271 Å². The zero-order valence-corrected chi connectivity index (χ0v) is 28.1. The van der Waals surface area contributed by atoms with Crippen molar-refractivity contribution < 1.29 is 48.9 Å². The van der Waals surface area contributed by atoms with Gasteiger partial charge < -0.3 is 0 Å². The van der Waals surface area contributed by atoms with Crippen molar-refractivity contribution in [1.29, 1.82) is 0 Å². The summed E-state index contributed by atoms with van der Waals surface area (Å²) in [5, 5.41) is 9.58. The molecule has 3 aliphatic carbocycles. The van der Waals surface area contributed by atoms with Crippen LogP contribution in [0.3, 0.4) is 0 Å². The summed E-state index contributed by atoms with van der Waals surface area (Å²) in [5.74, 6) is 2.67. The molecule has 3 atom stereocenters. The number of benzene rings is 2. The first-order chi connectivity index (χ1) is 21.3. The molecule has 1 saturated carbocycles. The molecule has 0 bridgehead atoms. The molecule has 5 nitrogen and oxygen atoms in total. The van der Waals surface area contributed by atoms with Crippen molar-refractivity contribution in [2.45, 2.75) is 82.1 Å². The summed E-state index contributed by atoms with van der Waals surface area (Å²) in [6, 6.07) is 15.8. The van der Waals surface area contributed by atoms with Crippen molar-refractivity contribution in [3.63, 3.8) is 0 Å². The molecule has 5 rings (SSSR count). The molecule has 7 heteroatoms. The van der Waals surface area contributed by atoms with Crippen molar-refractivity contribution in [2.24, 2.45) is 11.3 Å². The maximum atomic E-state index is 13.3. The number of rotatable bonds is 12. The van der Waals surface area contributed by atoms with Crippen LogP contribution in [0.25, 0.3) is 0 Å². The van der Waals surface area contributed by atoms with Gasteiger partial charge in [0.1, 0.15) is 0 Å². The van der Waals surface area contributed by atoms with Crippen molar-refractivity contribution in [1.82, 2.24) is 0 Å². The third kappa shape index (κ3) is 7.24. The van der Waals surface area contributed by atoms with Crippen molar-refractivity contribution in [3.05, 3.63) is 106 Å². The van der Waals surface area contributed by atoms with Crippen LogP contribution in [-0.4, -0.2) is 24.9 Å². The normalized spacial score (nSPS) is 23.3. The standard InChI is InChI=1S/C19H25O.C17H19O2.CH3.2Co.2O/c1-20-18-12-10-17(11-13-18)19(14-6-3-7-15-19)16-8-4-2-5-9-16;1-17(12-5-13-18,14-6-3-2-4-7-14)15-8-10-16(19)11-9-15;;;;;/h4-5,8,10-12,16,18H,3,6-7,9,13-15H2,1H3;3-4,6-11,18-19H,5,12-13H2,1H3;1H3;;;;/q;;;;+1;;/p-1. The molecule has 2 aromatic rings. The van der Waals surface area contributed by atoms with E-state index in [0.717, 1.165) is 39.4 Å². The fraction of sp³-hybridized carbons (Fsp3) is 0.459. The second kappa shape index (κ2) is 14.9. The predicted molar refractivity (Wildman–Crippen MR) is 167 cm³/mol. The van der Waals surface area contributed by atoms with E-state index in [1.807, 2.05) is 54.6 Å². The van der Waals surface area contributed by atoms with Crippen LogP contribution in [0, 0.1) is 11.3 Å². The first-order valence-electron chi connectivity index (χ1n) is 15.6. The van der Waals surface area contributed by atoms with Crippen molar-refractivity contribution >= 4 is 4.50 Å². The van der Waals surface area contributed by atoms with Gasteiger partial charge >= 0.3 is 273 Å². The van der Waals surface area contributed by atoms with Gasteiger partial charge in [-0.1, -0.05) is 0 Å². The molecule has 1 fully saturated rings. The van der Waals surface area contributed by atoms with Gasteiger partial charge in [0.15, 0.2) is 0 Å². The van der Waals surface area contributed by atoms with E-state index in [9.17, 15) is 12.8 Å². The number of allylic oxidation sites excluding steroid dienone is 6. The Hall–Kier alpha value is -2.27. The van der Waals surface area contributed by atoms with E-state index < -0.39 is 27.5 Å². The molecular formula is C37H46Co2O5. The molecule has 0 saturated heterocycles. The molecule has 242 valence electrons. The molecule has 0 amide bonds. The second-order valence-corrected chi connectivity index (χ2v) is 15.5. The van der Waals surface area contributed by atoms with Crippen LogP contribution in [0.4, 0.5) is 0 Å². The molecule has 0 heterocycles. The van der Waals surface area contributed by atoms with Crippen LogP contribution < -0.4 is 8.35 Å². The van der Waals surface area contributed by atoms with E-state index in [1.165, 1.54) is 37.7 Å². The fourth-order valence-electron chi connectivity index (χ4n) is 7.13. The summed E-state index contributed by atoms with van der Waals surface area (Å²) in [4.78, 5) is 0. The summed E-state index contributed by atoms with van der Waals surface area (Å²) in [5.41, 5.74) is 3.42. The number of methoxy groups -OCH3 is 1. The summed E-state index contributed by atoms with van der Waals surface area (Å²) in [6.45, 7) is 2.28. The molecule has 1 N–H and O–H groups in total. The molecule has 3 aliphatic rings. The van der Waals surface area contributed by atoms with Crippen LogP contribution >= 0.6 is 0 Å². The van der Waals surface area contributed by atoms with Crippen molar-refractivity contribution in [3.8, 4) is 5.75 Å². The number of ether oxygens (including phenoxy) is 1. The molecule has 0 aromatic heterocycles. The van der Waals surface area contributed by atoms with E-state index >= 15 is 0 Å². The van der Waals surface area contributed by atoms with E-state index in [0.29, 0.717) is 18.1 Å². The summed E-state index contributed by atoms with van der Waals surface area (Å²) >= 11 is -3.38. The number of aliphatic hydroxyl groups excluding tert-OH is 1. The Bertz CT molecular complexity index is 1450. The Morgan fingerprint density at radius 2 is 1.59 bits per heavy atom. The Morgan fingerprint density at radius 3 is 2.14 bits per heavy atom. The fourth-order valence-corrected chi connectivity index (χ4v) is 8.82. The molecule has 0 spiro atoms. The van der Waals surface area contributed by atoms with Crippen LogP contribution in [-0.2, 0) is 45.4 Å². The maximum absolute atomic E-state index is 13.3. The van der Waals surface area contributed by atoms with E-state index in [2.05, 4.69) is 37.3 Å². The SMILES string of the molecule is COC1C=CC(C2(C3C=C[C]([Co](=[O])[O]c4ccc(C(C)(CCCO)c5cc[c]([Co]([CH3])=[O])cc5)cc4)=CC3)CCCCC2)=CC1. The zero-order chi connectivity index (χ0) is 31.2. The molecule has 44 heavy (non-hydrogen) atoms. The third-order valence-electron chi connectivity index (χ3n) is 9.79. The molecule has 0 radical (unpaired) electrons. The minimum atomic E-state index is -2.01. The average molecular weight is 689 g/mol. The van der Waals surface area contributed by atoms with E-state index in [4.69, 9.17) is 8.59 Å². The first-order valence-corrected chi connectivity index (χ1v) is 19.0. The van der Waals surface area contributed by atoms with Gasteiger partial charge in [0.2, 0.25) is 0 Å². The van der Waals surface area contributed by atoms with Crippen LogP contribution in [0.1, 0.15) is 75.8 Å². The van der Waals surface area contributed by atoms with E-state index in [1.54, 1.807) is 13.0 Å². The summed E-state index contributed by atoms with van der Waals surface area (Å²) < 4.78 is 38.4. The minimum absolute atomic E-state index is 0.114. The molecule has 3 unspecified atom stereocenters. The summed E-state index contributed by atoms with van der Waals surface area (Å²) in [7, 11) is 1.77. The van der Waals surface area contributed by atoms with Gasteiger partial charge in [-0.05, 0) is 0 Å². The quantitative estimate of drug-likeness (QED) is 0.245. The number of aliphatic hydroxyl groups is 1. The van der Waals surface area contributed by atoms with Crippen LogP contribution in [0.15, 0.2) is 95.1 Å². The summed E-state index contributed by atoms with van der Waals surface area (Å²) in [6.07, 6.45) is 22.9. The predicted octanol–water partition coefficient (Wildman–Crippen LogP) is 7.97. The third-order valence-corrected chi connectivity index (χ3v) is 12.3. The number of hydrogen-bond acceptors (Lipinski definition) is 5. The van der Waals surface area contributed by atoms with Gasteiger partial charge in [-0.3, -0.25) is 0 Å². The van der Waals surface area contributed by atoms with Gasteiger partial charge in [-0.25, -0.2) is 0 Å². The second-order valence-electron chi connectivity index (χ2n) is 12.3. The van der Waals surface area contributed by atoms with Crippen molar-refractivity contribution in [2.75, 3.05) is 13.7 Å². The van der Waals surface area contributed by atoms with Gasteiger partial charge in [-0.2, -0.15) is 0 Å². The first kappa shape index (κ1) is 33.1. The van der Waals surface area contributed by atoms with Gasteiger partial charge in [0.25, 0.3) is 0 Å². The van der Waals surface area contributed by atoms with Crippen LogP contribution in [0.2, 0.25) is 5.86 Å². The molecule has 2 aromatic carbocycles.